The lowest BCUT2D eigenvalue weighted by molar-refractivity contribution is 0.227. The van der Waals surface area contributed by atoms with E-state index >= 15 is 0 Å². The summed E-state index contributed by atoms with van der Waals surface area (Å²) in [6.45, 7) is 6.56. The van der Waals surface area contributed by atoms with Gasteiger partial charge in [0.25, 0.3) is 0 Å². The molecular formula is C15H23N7O2. The van der Waals surface area contributed by atoms with Crippen LogP contribution in [0.5, 0.6) is 0 Å². The number of aryl methyl sites for hydroxylation is 3. The number of carbonyl (C=O) groups is 1. The summed E-state index contributed by atoms with van der Waals surface area (Å²) in [7, 11) is 0. The number of fused-ring (bicyclic) bond motifs is 1. The molecule has 0 saturated carbocycles. The number of nitrogens with one attached hydrogen (secondary N) is 2. The van der Waals surface area contributed by atoms with Gasteiger partial charge in [-0.25, -0.2) is 14.5 Å². The Kier molecular flexibility index (Phi) is 4.77. The van der Waals surface area contributed by atoms with Gasteiger partial charge in [0.1, 0.15) is 5.82 Å². The molecule has 2 aromatic heterocycles. The second-order valence-corrected chi connectivity index (χ2v) is 5.91. The van der Waals surface area contributed by atoms with Crippen molar-refractivity contribution in [3.8, 4) is 0 Å². The van der Waals surface area contributed by atoms with E-state index in [-0.39, 0.29) is 18.1 Å². The highest BCUT2D eigenvalue weighted by molar-refractivity contribution is 5.74. The molecule has 2 amide bonds. The summed E-state index contributed by atoms with van der Waals surface area (Å²) in [6, 6.07) is -0.671. The third-order valence-electron chi connectivity index (χ3n) is 4.11. The van der Waals surface area contributed by atoms with Gasteiger partial charge in [-0.15, -0.1) is 0 Å². The highest BCUT2D eigenvalue weighted by Gasteiger charge is 2.26. The van der Waals surface area contributed by atoms with Gasteiger partial charge in [-0.1, -0.05) is 19.0 Å². The fraction of sp³-hybridized carbons (Fsp3) is 0.667. The van der Waals surface area contributed by atoms with Gasteiger partial charge in [0.2, 0.25) is 5.89 Å². The number of aromatic nitrogens is 5. The molecule has 24 heavy (non-hydrogen) atoms. The predicted octanol–water partition coefficient (Wildman–Crippen LogP) is 1.82. The fourth-order valence-corrected chi connectivity index (χ4v) is 2.85. The lowest BCUT2D eigenvalue weighted by atomic mass is 10.1. The Morgan fingerprint density at radius 1 is 1.42 bits per heavy atom. The normalized spacial score (nSPS) is 18.0. The summed E-state index contributed by atoms with van der Waals surface area (Å²) in [5.74, 6) is 2.62. The zero-order chi connectivity index (χ0) is 17.1. The van der Waals surface area contributed by atoms with Gasteiger partial charge in [-0.3, -0.25) is 0 Å². The van der Waals surface area contributed by atoms with Crippen LogP contribution in [-0.2, 0) is 13.0 Å². The van der Waals surface area contributed by atoms with Crippen molar-refractivity contribution in [1.29, 1.82) is 0 Å². The second kappa shape index (κ2) is 6.98. The lowest BCUT2D eigenvalue weighted by Gasteiger charge is -2.24. The number of nitrogens with zero attached hydrogens (tertiary/aromatic N) is 5. The maximum Gasteiger partial charge on any atom is 0.315 e. The lowest BCUT2D eigenvalue weighted by Crippen LogP contribution is -2.41. The minimum Gasteiger partial charge on any atom is -0.340 e. The molecule has 9 heteroatoms. The third kappa shape index (κ3) is 3.39. The number of amides is 2. The van der Waals surface area contributed by atoms with Crippen molar-refractivity contribution in [2.45, 2.75) is 65.1 Å². The first-order valence-electron chi connectivity index (χ1n) is 8.41. The van der Waals surface area contributed by atoms with Gasteiger partial charge in [-0.05, 0) is 19.3 Å². The van der Waals surface area contributed by atoms with E-state index in [1.165, 1.54) is 0 Å². The Balaban J connectivity index is 1.66. The highest BCUT2D eigenvalue weighted by atomic mass is 16.5. The van der Waals surface area contributed by atoms with Crippen molar-refractivity contribution in [2.24, 2.45) is 0 Å². The van der Waals surface area contributed by atoms with Gasteiger partial charge < -0.3 is 15.2 Å². The smallest absolute Gasteiger partial charge is 0.315 e. The van der Waals surface area contributed by atoms with Crippen LogP contribution in [0.1, 0.15) is 68.6 Å². The van der Waals surface area contributed by atoms with Gasteiger partial charge in [0.05, 0.1) is 12.1 Å². The monoisotopic (exact) mass is 333 g/mol. The second-order valence-electron chi connectivity index (χ2n) is 5.91. The first kappa shape index (κ1) is 16.4. The minimum atomic E-state index is -0.282. The van der Waals surface area contributed by atoms with E-state index < -0.39 is 0 Å². The molecule has 2 aromatic rings. The number of hydrogen-bond acceptors (Lipinski definition) is 6. The molecule has 9 nitrogen and oxygen atoms in total. The zero-order valence-electron chi connectivity index (χ0n) is 14.2. The molecule has 0 radical (unpaired) electrons. The molecule has 130 valence electrons. The summed E-state index contributed by atoms with van der Waals surface area (Å²) in [5, 5.41) is 14.2. The van der Waals surface area contributed by atoms with Gasteiger partial charge in [-0.2, -0.15) is 10.1 Å². The molecule has 0 aromatic carbocycles. The van der Waals surface area contributed by atoms with Crippen LogP contribution in [0.15, 0.2) is 4.52 Å². The average Bonchev–Trinajstić information content (AvgIpc) is 3.19. The zero-order valence-corrected chi connectivity index (χ0v) is 14.2. The summed E-state index contributed by atoms with van der Waals surface area (Å²) in [4.78, 5) is 21.1. The molecule has 0 saturated heterocycles. The number of rotatable bonds is 5. The maximum atomic E-state index is 12.4. The van der Waals surface area contributed by atoms with E-state index in [0.29, 0.717) is 18.1 Å². The van der Waals surface area contributed by atoms with Crippen molar-refractivity contribution in [1.82, 2.24) is 35.5 Å². The van der Waals surface area contributed by atoms with Crippen LogP contribution in [0, 0.1) is 6.92 Å². The summed E-state index contributed by atoms with van der Waals surface area (Å²) in [6.07, 6.45) is 3.28. The van der Waals surface area contributed by atoms with Crippen molar-refractivity contribution >= 4 is 6.03 Å². The molecule has 2 atom stereocenters. The molecule has 0 spiro atoms. The SMILES string of the molecule is CCc1nc2n(n1)CCC[C@H]2NC(=O)N[C@@H](CC)c1noc(C)n1. The third-order valence-corrected chi connectivity index (χ3v) is 4.11. The van der Waals surface area contributed by atoms with Crippen LogP contribution >= 0.6 is 0 Å². The van der Waals surface area contributed by atoms with E-state index in [9.17, 15) is 4.79 Å². The molecule has 1 aliphatic rings. The van der Waals surface area contributed by atoms with Gasteiger partial charge in [0.15, 0.2) is 11.6 Å². The first-order valence-corrected chi connectivity index (χ1v) is 8.41. The minimum absolute atomic E-state index is 0.129. The number of carbonyl (C=O) groups excluding carboxylic acids is 1. The van der Waals surface area contributed by atoms with E-state index in [0.717, 1.165) is 37.5 Å². The Bertz CT molecular complexity index is 708. The highest BCUT2D eigenvalue weighted by Crippen LogP contribution is 2.23. The van der Waals surface area contributed by atoms with Gasteiger partial charge >= 0.3 is 6.03 Å². The number of hydrogen-bond donors (Lipinski definition) is 2. The van der Waals surface area contributed by atoms with Crippen LogP contribution in [0.3, 0.4) is 0 Å². The van der Waals surface area contributed by atoms with E-state index in [1.54, 1.807) is 6.92 Å². The molecular weight excluding hydrogens is 310 g/mol. The molecule has 2 N–H and O–H groups in total. The van der Waals surface area contributed by atoms with Crippen LogP contribution < -0.4 is 10.6 Å². The molecule has 0 fully saturated rings. The Hall–Kier alpha value is -2.45. The van der Waals surface area contributed by atoms with E-state index in [2.05, 4.69) is 30.9 Å². The van der Waals surface area contributed by atoms with Crippen molar-refractivity contribution in [3.05, 3.63) is 23.4 Å². The van der Waals surface area contributed by atoms with Crippen molar-refractivity contribution in [2.75, 3.05) is 0 Å². The quantitative estimate of drug-likeness (QED) is 0.863. The van der Waals surface area contributed by atoms with Crippen molar-refractivity contribution < 1.29 is 9.32 Å². The molecule has 0 bridgehead atoms. The summed E-state index contributed by atoms with van der Waals surface area (Å²) in [5.41, 5.74) is 0. The first-order chi connectivity index (χ1) is 11.6. The fourth-order valence-electron chi connectivity index (χ4n) is 2.85. The molecule has 0 aliphatic carbocycles. The van der Waals surface area contributed by atoms with Crippen LogP contribution in [0.2, 0.25) is 0 Å². The molecule has 3 heterocycles. The standard InChI is InChI=1S/C15H23N7O2/c1-4-10(13-16-9(3)24-21-13)17-15(23)18-11-7-6-8-22-14(11)19-12(5-2)20-22/h10-11H,4-8H2,1-3H3,(H2,17,18,23)/t10-,11+/m0/s1. The molecule has 0 unspecified atom stereocenters. The van der Waals surface area contributed by atoms with Crippen molar-refractivity contribution in [3.63, 3.8) is 0 Å². The molecule has 1 aliphatic heterocycles. The maximum absolute atomic E-state index is 12.4. The Morgan fingerprint density at radius 3 is 2.92 bits per heavy atom. The van der Waals surface area contributed by atoms with E-state index in [4.69, 9.17) is 4.52 Å². The summed E-state index contributed by atoms with van der Waals surface area (Å²) < 4.78 is 6.88. The summed E-state index contributed by atoms with van der Waals surface area (Å²) >= 11 is 0. The van der Waals surface area contributed by atoms with E-state index in [1.807, 2.05) is 18.5 Å². The average molecular weight is 333 g/mol. The topological polar surface area (TPSA) is 111 Å². The number of urea groups is 1. The van der Waals surface area contributed by atoms with Gasteiger partial charge in [0, 0.05) is 19.9 Å². The Morgan fingerprint density at radius 2 is 2.25 bits per heavy atom. The molecule has 3 rings (SSSR count). The van der Waals surface area contributed by atoms with Crippen LogP contribution in [0.25, 0.3) is 0 Å². The predicted molar refractivity (Wildman–Crippen MR) is 85.1 cm³/mol. The van der Waals surface area contributed by atoms with Crippen LogP contribution in [0.4, 0.5) is 4.79 Å². The Labute approximate surface area is 140 Å². The van der Waals surface area contributed by atoms with Crippen LogP contribution in [-0.4, -0.2) is 30.9 Å². The largest absolute Gasteiger partial charge is 0.340 e.